The van der Waals surface area contributed by atoms with Gasteiger partial charge in [-0.05, 0) is 25.5 Å². The van der Waals surface area contributed by atoms with Crippen LogP contribution in [0.25, 0.3) is 0 Å². The summed E-state index contributed by atoms with van der Waals surface area (Å²) in [7, 11) is 1.06. The Balaban J connectivity index is 2.02. The summed E-state index contributed by atoms with van der Waals surface area (Å²) in [5, 5.41) is 6.72. The largest absolute Gasteiger partial charge is 0.493 e. The number of rotatable bonds is 4. The molecule has 1 saturated heterocycles. The third-order valence-electron chi connectivity index (χ3n) is 4.83. The fraction of sp³-hybridized carbons (Fsp3) is 0.389. The zero-order valence-electron chi connectivity index (χ0n) is 15.6. The van der Waals surface area contributed by atoms with Gasteiger partial charge in [-0.2, -0.15) is 22.7 Å². The van der Waals surface area contributed by atoms with Crippen LogP contribution in [0.4, 0.5) is 27.8 Å². The molecule has 30 heavy (non-hydrogen) atoms. The van der Waals surface area contributed by atoms with E-state index in [9.17, 15) is 31.5 Å². The van der Waals surface area contributed by atoms with Crippen LogP contribution in [0.1, 0.15) is 24.8 Å². The van der Waals surface area contributed by atoms with Crippen molar-refractivity contribution in [3.8, 4) is 5.75 Å². The molecule has 3 atom stereocenters. The normalized spacial score (nSPS) is 24.0. The number of halogens is 5. The molecule has 162 valence electrons. The predicted octanol–water partition coefficient (Wildman–Crippen LogP) is 3.61. The Bertz CT molecular complexity index is 1010. The topological polar surface area (TPSA) is 84.1 Å². The van der Waals surface area contributed by atoms with Crippen LogP contribution in [-0.2, 0) is 4.79 Å². The number of H-pyrrole nitrogens is 1. The third kappa shape index (κ3) is 4.00. The van der Waals surface area contributed by atoms with Gasteiger partial charge in [0, 0.05) is 17.5 Å². The monoisotopic (exact) mass is 449 g/mol. The molecule has 1 aromatic heterocycles. The summed E-state index contributed by atoms with van der Waals surface area (Å²) >= 11 is 0.374. The van der Waals surface area contributed by atoms with Crippen LogP contribution in [0.2, 0.25) is 0 Å². The van der Waals surface area contributed by atoms with Crippen LogP contribution >= 0.6 is 11.8 Å². The molecular formula is C18H16F5N3O3S. The van der Waals surface area contributed by atoms with Crippen LogP contribution in [0, 0.1) is 11.6 Å². The van der Waals surface area contributed by atoms with Gasteiger partial charge in [-0.1, -0.05) is 6.07 Å². The van der Waals surface area contributed by atoms with E-state index in [1.54, 1.807) is 0 Å². The maximum atomic E-state index is 14.2. The highest BCUT2D eigenvalue weighted by Gasteiger charge is 2.60. The highest BCUT2D eigenvalue weighted by molar-refractivity contribution is 8.02. The molecule has 1 amide bonds. The molecule has 2 N–H and O–H groups in total. The molecule has 1 aliphatic heterocycles. The maximum absolute atomic E-state index is 14.2. The number of ether oxygens (including phenoxy) is 1. The average Bonchev–Trinajstić information content (AvgIpc) is 3.04. The maximum Gasteiger partial charge on any atom is 0.403 e. The molecule has 1 aliphatic rings. The number of alkyl halides is 3. The fourth-order valence-corrected chi connectivity index (χ4v) is 4.83. The van der Waals surface area contributed by atoms with Gasteiger partial charge in [0.05, 0.1) is 12.4 Å². The summed E-state index contributed by atoms with van der Waals surface area (Å²) in [5.41, 5.74) is -0.580. The van der Waals surface area contributed by atoms with E-state index in [1.807, 2.05) is 0 Å². The molecule has 0 aliphatic carbocycles. The van der Waals surface area contributed by atoms with Crippen molar-refractivity contribution in [2.45, 2.75) is 35.4 Å². The first-order chi connectivity index (χ1) is 14.0. The number of nitrogens with zero attached hydrogens (tertiary/aromatic N) is 1. The first kappa shape index (κ1) is 22.1. The van der Waals surface area contributed by atoms with Crippen LogP contribution in [-0.4, -0.2) is 39.4 Å². The second-order valence-electron chi connectivity index (χ2n) is 6.86. The molecule has 0 spiro atoms. The zero-order chi connectivity index (χ0) is 22.3. The number of thioether (sulfide) groups is 1. The average molecular weight is 449 g/mol. The van der Waals surface area contributed by atoms with E-state index >= 15 is 0 Å². The molecule has 3 rings (SSSR count). The van der Waals surface area contributed by atoms with Crippen molar-refractivity contribution in [3.63, 3.8) is 0 Å². The van der Waals surface area contributed by atoms with E-state index in [2.05, 4.69) is 15.5 Å². The summed E-state index contributed by atoms with van der Waals surface area (Å²) in [5.74, 6) is -5.15. The molecule has 0 unspecified atom stereocenters. The summed E-state index contributed by atoms with van der Waals surface area (Å²) < 4.78 is 71.5. The molecular weight excluding hydrogens is 433 g/mol. The number of aromatic nitrogens is 2. The molecule has 0 radical (unpaired) electrons. The second-order valence-corrected chi connectivity index (χ2v) is 8.50. The van der Waals surface area contributed by atoms with E-state index < -0.39 is 57.4 Å². The van der Waals surface area contributed by atoms with E-state index in [0.717, 1.165) is 32.2 Å². The number of aromatic amines is 1. The quantitative estimate of drug-likeness (QED) is 0.697. The highest BCUT2D eigenvalue weighted by atomic mass is 32.2. The zero-order valence-corrected chi connectivity index (χ0v) is 16.5. The lowest BCUT2D eigenvalue weighted by molar-refractivity contribution is -0.155. The lowest BCUT2D eigenvalue weighted by atomic mass is 9.85. The summed E-state index contributed by atoms with van der Waals surface area (Å²) in [6.45, 7) is 0.947. The van der Waals surface area contributed by atoms with Gasteiger partial charge in [0.15, 0.2) is 17.4 Å². The van der Waals surface area contributed by atoms with E-state index in [1.165, 1.54) is 6.07 Å². The Morgan fingerprint density at radius 1 is 1.30 bits per heavy atom. The van der Waals surface area contributed by atoms with Gasteiger partial charge in [-0.15, -0.1) is 11.8 Å². The van der Waals surface area contributed by atoms with Gasteiger partial charge in [0.1, 0.15) is 4.75 Å². The van der Waals surface area contributed by atoms with Gasteiger partial charge < -0.3 is 10.1 Å². The van der Waals surface area contributed by atoms with Crippen molar-refractivity contribution >= 4 is 23.5 Å². The van der Waals surface area contributed by atoms with Crippen LogP contribution in [0.5, 0.6) is 5.75 Å². The van der Waals surface area contributed by atoms with Gasteiger partial charge >= 0.3 is 6.18 Å². The minimum atomic E-state index is -4.66. The number of methoxy groups -OCH3 is 1. The summed E-state index contributed by atoms with van der Waals surface area (Å²) in [6, 6.07) is 4.16. The second kappa shape index (κ2) is 7.89. The predicted molar refractivity (Wildman–Crippen MR) is 99.6 cm³/mol. The molecule has 0 saturated carbocycles. The van der Waals surface area contributed by atoms with Gasteiger partial charge in [0.2, 0.25) is 11.7 Å². The smallest absolute Gasteiger partial charge is 0.403 e. The number of carbonyl (C=O) groups is 1. The number of anilines is 1. The Hall–Kier alpha value is -2.63. The summed E-state index contributed by atoms with van der Waals surface area (Å²) in [6.07, 6.45) is -5.22. The molecule has 1 fully saturated rings. The third-order valence-corrected chi connectivity index (χ3v) is 6.55. The number of hydrogen-bond donors (Lipinski definition) is 2. The van der Waals surface area contributed by atoms with Crippen LogP contribution in [0.15, 0.2) is 29.1 Å². The Morgan fingerprint density at radius 2 is 2.00 bits per heavy atom. The van der Waals surface area contributed by atoms with Crippen molar-refractivity contribution in [2.24, 2.45) is 0 Å². The van der Waals surface area contributed by atoms with Crippen molar-refractivity contribution in [1.29, 1.82) is 0 Å². The first-order valence-corrected chi connectivity index (χ1v) is 9.48. The summed E-state index contributed by atoms with van der Waals surface area (Å²) in [4.78, 5) is 23.9. The van der Waals surface area contributed by atoms with E-state index in [-0.39, 0.29) is 11.4 Å². The number of nitrogens with one attached hydrogen (secondary N) is 2. The van der Waals surface area contributed by atoms with E-state index in [0.29, 0.717) is 11.8 Å². The van der Waals surface area contributed by atoms with E-state index in [4.69, 9.17) is 4.74 Å². The van der Waals surface area contributed by atoms with Gasteiger partial charge in [0.25, 0.3) is 5.56 Å². The minimum absolute atomic E-state index is 0.0496. The van der Waals surface area contributed by atoms with Crippen molar-refractivity contribution in [2.75, 3.05) is 12.4 Å². The number of amides is 1. The van der Waals surface area contributed by atoms with Gasteiger partial charge in [-0.25, -0.2) is 9.49 Å². The number of benzene rings is 1. The Morgan fingerprint density at radius 3 is 2.57 bits per heavy atom. The standard InChI is InChI=1S/C18H16F5N3O3S/c1-17(18(21,22)23)7-9(8-3-4-10(19)13(20)14(8)29-2)15(30-17)16(28)24-11-5-6-12(27)26-25-11/h3-6,9,15H,7H2,1-2H3,(H,26,27)(H,24,25,28)/t9-,15+,17+/m0/s1. The molecule has 6 nitrogen and oxygen atoms in total. The molecule has 12 heteroatoms. The SMILES string of the molecule is COc1c([C@@H]2C[C@](C)(C(F)(F)F)S[C@H]2C(=O)Nc2ccc(=O)[nH]n2)ccc(F)c1F. The molecule has 0 bridgehead atoms. The lowest BCUT2D eigenvalue weighted by Crippen LogP contribution is -2.37. The van der Waals surface area contributed by atoms with Gasteiger partial charge in [-0.3, -0.25) is 9.59 Å². The lowest BCUT2D eigenvalue weighted by Gasteiger charge is -2.26. The molecule has 2 aromatic rings. The Labute approximate surface area is 171 Å². The highest BCUT2D eigenvalue weighted by Crippen LogP contribution is 2.59. The van der Waals surface area contributed by atoms with Crippen molar-refractivity contribution < 1.29 is 31.5 Å². The number of carbonyl (C=O) groups excluding carboxylic acids is 1. The minimum Gasteiger partial charge on any atom is -0.493 e. The first-order valence-electron chi connectivity index (χ1n) is 8.60. The van der Waals surface area contributed by atoms with Crippen molar-refractivity contribution in [1.82, 2.24) is 10.2 Å². The van der Waals surface area contributed by atoms with Crippen LogP contribution < -0.4 is 15.6 Å². The molecule has 1 aromatic carbocycles. The Kier molecular flexibility index (Phi) is 5.81. The molecule has 2 heterocycles. The van der Waals surface area contributed by atoms with Crippen molar-refractivity contribution in [3.05, 3.63) is 51.8 Å². The van der Waals surface area contributed by atoms with Crippen LogP contribution in [0.3, 0.4) is 0 Å². The fourth-order valence-electron chi connectivity index (χ4n) is 3.29. The number of hydrogen-bond acceptors (Lipinski definition) is 5.